The molecule has 0 bridgehead atoms. The minimum absolute atomic E-state index is 0.0130. The zero-order valence-corrected chi connectivity index (χ0v) is 13.2. The number of nitrogens with zero attached hydrogens (tertiary/aromatic N) is 1. The van der Waals surface area contributed by atoms with Gasteiger partial charge in [0.05, 0.1) is 13.2 Å². The zero-order chi connectivity index (χ0) is 15.7. The van der Waals surface area contributed by atoms with Crippen molar-refractivity contribution in [3.05, 3.63) is 0 Å². The molecule has 120 valence electrons. The Labute approximate surface area is 126 Å². The number of carbonyl (C=O) groups excluding carboxylic acids is 2. The third-order valence-electron chi connectivity index (χ3n) is 4.61. The molecule has 21 heavy (non-hydrogen) atoms. The van der Waals surface area contributed by atoms with Gasteiger partial charge >= 0.3 is 0 Å². The maximum atomic E-state index is 12.0. The van der Waals surface area contributed by atoms with Gasteiger partial charge in [0.1, 0.15) is 0 Å². The molecule has 0 aromatic heterocycles. The smallest absolute Gasteiger partial charge is 0.239 e. The van der Waals surface area contributed by atoms with Gasteiger partial charge < -0.3 is 15.7 Å². The number of hydrogen-bond acceptors (Lipinski definition) is 4. The average Bonchev–Trinajstić information content (AvgIpc) is 3.05. The van der Waals surface area contributed by atoms with Gasteiger partial charge in [0.15, 0.2) is 0 Å². The van der Waals surface area contributed by atoms with Crippen LogP contribution in [0.2, 0.25) is 0 Å². The molecule has 1 saturated carbocycles. The van der Waals surface area contributed by atoms with E-state index in [4.69, 9.17) is 5.11 Å². The highest BCUT2D eigenvalue weighted by atomic mass is 16.3. The number of amides is 2. The summed E-state index contributed by atoms with van der Waals surface area (Å²) in [6, 6.07) is 0.180. The second kappa shape index (κ2) is 5.93. The van der Waals surface area contributed by atoms with Crippen LogP contribution in [0.15, 0.2) is 0 Å². The summed E-state index contributed by atoms with van der Waals surface area (Å²) in [6.07, 6.45) is 2.38. The minimum atomic E-state index is -0.295. The standard InChI is InChI=1S/C15H27N3O3/c1-14(2,3)18-9-11(15(10-18)5-6-15)17-13(21)8-16-12(20)4-7-19/h11,19H,4-10H2,1-3H3,(H,16,20)(H,17,21). The number of carbonyl (C=O) groups is 2. The largest absolute Gasteiger partial charge is 0.396 e. The first-order chi connectivity index (χ1) is 9.77. The summed E-state index contributed by atoms with van der Waals surface area (Å²) in [5.41, 5.74) is 0.364. The fourth-order valence-electron chi connectivity index (χ4n) is 2.96. The quantitative estimate of drug-likeness (QED) is 0.660. The lowest BCUT2D eigenvalue weighted by atomic mass is 10.0. The Morgan fingerprint density at radius 1 is 1.29 bits per heavy atom. The molecule has 1 spiro atoms. The number of hydrogen-bond donors (Lipinski definition) is 3. The first-order valence-corrected chi connectivity index (χ1v) is 7.69. The molecule has 1 aliphatic carbocycles. The van der Waals surface area contributed by atoms with E-state index in [1.807, 2.05) is 0 Å². The predicted molar refractivity (Wildman–Crippen MR) is 79.6 cm³/mol. The number of aliphatic hydroxyl groups excluding tert-OH is 1. The maximum absolute atomic E-state index is 12.0. The summed E-state index contributed by atoms with van der Waals surface area (Å²) in [6.45, 7) is 8.30. The van der Waals surface area contributed by atoms with Crippen LogP contribution in [-0.2, 0) is 9.59 Å². The van der Waals surface area contributed by atoms with Gasteiger partial charge in [-0.1, -0.05) is 0 Å². The third kappa shape index (κ3) is 3.95. The van der Waals surface area contributed by atoms with Gasteiger partial charge in [-0.3, -0.25) is 14.5 Å². The van der Waals surface area contributed by atoms with Gasteiger partial charge in [0, 0.05) is 36.5 Å². The van der Waals surface area contributed by atoms with E-state index < -0.39 is 0 Å². The normalized spacial score (nSPS) is 24.1. The minimum Gasteiger partial charge on any atom is -0.396 e. The Balaban J connectivity index is 1.82. The lowest BCUT2D eigenvalue weighted by molar-refractivity contribution is -0.126. The van der Waals surface area contributed by atoms with Crippen LogP contribution in [0.1, 0.15) is 40.0 Å². The van der Waals surface area contributed by atoms with E-state index in [0.717, 1.165) is 13.1 Å². The molecular weight excluding hydrogens is 270 g/mol. The molecule has 1 saturated heterocycles. The highest BCUT2D eigenvalue weighted by Gasteiger charge is 2.56. The molecular formula is C15H27N3O3. The molecule has 0 radical (unpaired) electrons. The van der Waals surface area contributed by atoms with Crippen molar-refractivity contribution in [1.82, 2.24) is 15.5 Å². The SMILES string of the molecule is CC(C)(C)N1CC(NC(=O)CNC(=O)CCO)C2(CC2)C1. The summed E-state index contributed by atoms with van der Waals surface area (Å²) in [5, 5.41) is 14.2. The van der Waals surface area contributed by atoms with E-state index in [0.29, 0.717) is 0 Å². The van der Waals surface area contributed by atoms with Crippen molar-refractivity contribution in [2.24, 2.45) is 5.41 Å². The second-order valence-electron chi connectivity index (χ2n) is 7.28. The van der Waals surface area contributed by atoms with E-state index in [1.54, 1.807) is 0 Å². The molecule has 6 heteroatoms. The van der Waals surface area contributed by atoms with Crippen LogP contribution < -0.4 is 10.6 Å². The monoisotopic (exact) mass is 297 g/mol. The highest BCUT2D eigenvalue weighted by molar-refractivity contribution is 5.84. The number of nitrogens with one attached hydrogen (secondary N) is 2. The van der Waals surface area contributed by atoms with Gasteiger partial charge in [-0.2, -0.15) is 0 Å². The van der Waals surface area contributed by atoms with E-state index >= 15 is 0 Å². The van der Waals surface area contributed by atoms with Gasteiger partial charge in [-0.15, -0.1) is 0 Å². The number of aliphatic hydroxyl groups is 1. The number of likely N-dealkylation sites (tertiary alicyclic amines) is 1. The van der Waals surface area contributed by atoms with Gasteiger partial charge in [-0.25, -0.2) is 0 Å². The highest BCUT2D eigenvalue weighted by Crippen LogP contribution is 2.53. The topological polar surface area (TPSA) is 81.7 Å². The summed E-state index contributed by atoms with van der Waals surface area (Å²) >= 11 is 0. The maximum Gasteiger partial charge on any atom is 0.239 e. The van der Waals surface area contributed by atoms with Crippen LogP contribution in [0.4, 0.5) is 0 Å². The summed E-state index contributed by atoms with van der Waals surface area (Å²) in [5.74, 6) is -0.440. The van der Waals surface area contributed by atoms with Crippen molar-refractivity contribution in [3.8, 4) is 0 Å². The Bertz CT molecular complexity index is 413. The van der Waals surface area contributed by atoms with Gasteiger partial charge in [0.2, 0.25) is 11.8 Å². The van der Waals surface area contributed by atoms with Crippen molar-refractivity contribution in [2.45, 2.75) is 51.6 Å². The third-order valence-corrected chi connectivity index (χ3v) is 4.61. The first kappa shape index (κ1) is 16.2. The average molecular weight is 297 g/mol. The van der Waals surface area contributed by atoms with Crippen molar-refractivity contribution in [1.29, 1.82) is 0 Å². The predicted octanol–water partition coefficient (Wildman–Crippen LogP) is -0.136. The molecule has 1 unspecified atom stereocenters. The molecule has 0 aromatic carbocycles. The molecule has 0 aromatic rings. The van der Waals surface area contributed by atoms with Crippen LogP contribution in [-0.4, -0.2) is 59.6 Å². The Morgan fingerprint density at radius 2 is 1.95 bits per heavy atom. The lowest BCUT2D eigenvalue weighted by Crippen LogP contribution is -2.47. The Morgan fingerprint density at radius 3 is 2.48 bits per heavy atom. The fourth-order valence-corrected chi connectivity index (χ4v) is 2.96. The summed E-state index contributed by atoms with van der Waals surface area (Å²) in [4.78, 5) is 25.6. The van der Waals surface area contributed by atoms with Crippen LogP contribution in [0, 0.1) is 5.41 Å². The van der Waals surface area contributed by atoms with Crippen molar-refractivity contribution < 1.29 is 14.7 Å². The van der Waals surface area contributed by atoms with Crippen LogP contribution in [0.3, 0.4) is 0 Å². The van der Waals surface area contributed by atoms with Crippen molar-refractivity contribution in [2.75, 3.05) is 26.2 Å². The van der Waals surface area contributed by atoms with Crippen LogP contribution in [0.5, 0.6) is 0 Å². The van der Waals surface area contributed by atoms with E-state index in [1.165, 1.54) is 12.8 Å². The summed E-state index contributed by atoms with van der Waals surface area (Å²) < 4.78 is 0. The molecule has 2 amide bonds. The molecule has 2 rings (SSSR count). The second-order valence-corrected chi connectivity index (χ2v) is 7.28. The van der Waals surface area contributed by atoms with Crippen molar-refractivity contribution >= 4 is 11.8 Å². The van der Waals surface area contributed by atoms with Gasteiger partial charge in [-0.05, 0) is 33.6 Å². The first-order valence-electron chi connectivity index (χ1n) is 7.69. The van der Waals surface area contributed by atoms with E-state index in [9.17, 15) is 9.59 Å². The van der Waals surface area contributed by atoms with Gasteiger partial charge in [0.25, 0.3) is 0 Å². The number of rotatable bonds is 5. The Kier molecular flexibility index (Phi) is 4.58. The molecule has 1 atom stereocenters. The lowest BCUT2D eigenvalue weighted by Gasteiger charge is -2.31. The van der Waals surface area contributed by atoms with E-state index in [2.05, 4.69) is 36.3 Å². The summed E-state index contributed by atoms with van der Waals surface area (Å²) in [7, 11) is 0. The van der Waals surface area contributed by atoms with Crippen LogP contribution >= 0.6 is 0 Å². The zero-order valence-electron chi connectivity index (χ0n) is 13.2. The molecule has 6 nitrogen and oxygen atoms in total. The molecule has 1 heterocycles. The van der Waals surface area contributed by atoms with Crippen LogP contribution in [0.25, 0.3) is 0 Å². The fraction of sp³-hybridized carbons (Fsp3) is 0.867. The van der Waals surface area contributed by atoms with E-state index in [-0.39, 0.29) is 48.4 Å². The molecule has 2 aliphatic rings. The molecule has 1 aliphatic heterocycles. The molecule has 3 N–H and O–H groups in total. The Hall–Kier alpha value is -1.14. The van der Waals surface area contributed by atoms with Crippen molar-refractivity contribution in [3.63, 3.8) is 0 Å². The molecule has 2 fully saturated rings.